The molecule has 2 rings (SSSR count). The normalized spacial score (nSPS) is 15.8. The molecular formula is C14H20F2N2O2. The minimum atomic E-state index is -2.44. The van der Waals surface area contributed by atoms with Gasteiger partial charge in [-0.25, -0.2) is 8.78 Å². The third-order valence-corrected chi connectivity index (χ3v) is 3.34. The number of para-hydroxylation sites is 1. The smallest absolute Gasteiger partial charge is 0.261 e. The van der Waals surface area contributed by atoms with Crippen molar-refractivity contribution in [1.29, 1.82) is 0 Å². The molecule has 1 aliphatic heterocycles. The standard InChI is InChI=1S/C14H20F2N2O2/c15-13(16)9-19-8-6-12(18-17)11-5-1-3-10-4-2-7-20-14(10)11/h1,3,5,12-13,18H,2,4,6-9,17H2. The topological polar surface area (TPSA) is 56.5 Å². The summed E-state index contributed by atoms with van der Waals surface area (Å²) in [4.78, 5) is 0. The Bertz CT molecular complexity index is 430. The number of halogens is 2. The summed E-state index contributed by atoms with van der Waals surface area (Å²) in [6.07, 6.45) is 0.0761. The summed E-state index contributed by atoms with van der Waals surface area (Å²) in [6.45, 7) is 0.382. The molecule has 0 saturated heterocycles. The summed E-state index contributed by atoms with van der Waals surface area (Å²) in [5.74, 6) is 6.44. The quantitative estimate of drug-likeness (QED) is 0.458. The molecule has 0 bridgehead atoms. The number of fused-ring (bicyclic) bond motifs is 1. The molecule has 1 aromatic rings. The first-order valence-corrected chi connectivity index (χ1v) is 6.79. The van der Waals surface area contributed by atoms with Crippen molar-refractivity contribution >= 4 is 0 Å². The van der Waals surface area contributed by atoms with Crippen LogP contribution in [0.3, 0.4) is 0 Å². The van der Waals surface area contributed by atoms with E-state index in [9.17, 15) is 8.78 Å². The highest BCUT2D eigenvalue weighted by atomic mass is 19.3. The van der Waals surface area contributed by atoms with E-state index < -0.39 is 13.0 Å². The monoisotopic (exact) mass is 286 g/mol. The molecule has 1 heterocycles. The molecule has 0 saturated carbocycles. The third kappa shape index (κ3) is 3.88. The lowest BCUT2D eigenvalue weighted by Crippen LogP contribution is -2.30. The zero-order valence-corrected chi connectivity index (χ0v) is 11.3. The fraction of sp³-hybridized carbons (Fsp3) is 0.571. The average Bonchev–Trinajstić information content (AvgIpc) is 2.47. The van der Waals surface area contributed by atoms with Crippen LogP contribution in [0.15, 0.2) is 18.2 Å². The molecule has 0 aromatic heterocycles. The molecule has 112 valence electrons. The number of hydrogen-bond acceptors (Lipinski definition) is 4. The van der Waals surface area contributed by atoms with Crippen molar-refractivity contribution in [2.45, 2.75) is 31.7 Å². The zero-order valence-electron chi connectivity index (χ0n) is 11.3. The van der Waals surface area contributed by atoms with E-state index in [2.05, 4.69) is 5.43 Å². The highest BCUT2D eigenvalue weighted by molar-refractivity contribution is 5.44. The zero-order chi connectivity index (χ0) is 14.4. The van der Waals surface area contributed by atoms with Crippen LogP contribution >= 0.6 is 0 Å². The Morgan fingerprint density at radius 1 is 1.40 bits per heavy atom. The second-order valence-corrected chi connectivity index (χ2v) is 4.76. The molecule has 0 spiro atoms. The molecule has 3 N–H and O–H groups in total. The minimum Gasteiger partial charge on any atom is -0.493 e. The number of ether oxygens (including phenoxy) is 2. The number of alkyl halides is 2. The molecule has 0 fully saturated rings. The number of rotatable bonds is 7. The van der Waals surface area contributed by atoms with E-state index in [-0.39, 0.29) is 12.6 Å². The second-order valence-electron chi connectivity index (χ2n) is 4.76. The lowest BCUT2D eigenvalue weighted by Gasteiger charge is -2.24. The summed E-state index contributed by atoms with van der Waals surface area (Å²) in [7, 11) is 0. The maximum atomic E-state index is 12.0. The van der Waals surface area contributed by atoms with Gasteiger partial charge < -0.3 is 9.47 Å². The number of aryl methyl sites for hydroxylation is 1. The van der Waals surface area contributed by atoms with Crippen molar-refractivity contribution in [1.82, 2.24) is 5.43 Å². The fourth-order valence-electron chi connectivity index (χ4n) is 2.39. The van der Waals surface area contributed by atoms with Crippen LogP contribution in [0.1, 0.15) is 30.0 Å². The van der Waals surface area contributed by atoms with E-state index in [0.29, 0.717) is 13.0 Å². The van der Waals surface area contributed by atoms with Crippen molar-refractivity contribution in [3.8, 4) is 5.75 Å². The highest BCUT2D eigenvalue weighted by Crippen LogP contribution is 2.33. The predicted molar refractivity (Wildman–Crippen MR) is 71.8 cm³/mol. The lowest BCUT2D eigenvalue weighted by atomic mass is 9.97. The van der Waals surface area contributed by atoms with Crippen molar-refractivity contribution in [3.05, 3.63) is 29.3 Å². The van der Waals surface area contributed by atoms with Crippen molar-refractivity contribution in [2.75, 3.05) is 19.8 Å². The number of hydrazine groups is 1. The molecule has 0 radical (unpaired) electrons. The summed E-state index contributed by atoms with van der Waals surface area (Å²) in [6, 6.07) is 5.79. The SMILES string of the molecule is NNC(CCOCC(F)F)c1cccc2c1OCCC2. The van der Waals surface area contributed by atoms with E-state index in [0.717, 1.165) is 24.2 Å². The molecule has 1 aromatic carbocycles. The fourth-order valence-corrected chi connectivity index (χ4v) is 2.39. The number of benzene rings is 1. The highest BCUT2D eigenvalue weighted by Gasteiger charge is 2.20. The van der Waals surface area contributed by atoms with Gasteiger partial charge in [-0.1, -0.05) is 18.2 Å². The molecule has 1 aliphatic rings. The molecule has 6 heteroatoms. The van der Waals surface area contributed by atoms with Crippen LogP contribution in [0, 0.1) is 0 Å². The van der Waals surface area contributed by atoms with Gasteiger partial charge in [0.25, 0.3) is 6.43 Å². The van der Waals surface area contributed by atoms with Crippen LogP contribution in [-0.2, 0) is 11.2 Å². The minimum absolute atomic E-state index is 0.166. The second kappa shape index (κ2) is 7.52. The Morgan fingerprint density at radius 2 is 2.25 bits per heavy atom. The van der Waals surface area contributed by atoms with Gasteiger partial charge in [-0.2, -0.15) is 0 Å². The van der Waals surface area contributed by atoms with Gasteiger partial charge in [0.15, 0.2) is 0 Å². The van der Waals surface area contributed by atoms with Crippen molar-refractivity contribution in [3.63, 3.8) is 0 Å². The van der Waals surface area contributed by atoms with Crippen LogP contribution in [0.4, 0.5) is 8.78 Å². The van der Waals surface area contributed by atoms with E-state index in [1.165, 1.54) is 5.56 Å². The largest absolute Gasteiger partial charge is 0.493 e. The first kappa shape index (κ1) is 15.2. The van der Waals surface area contributed by atoms with E-state index in [1.54, 1.807) is 0 Å². The Hall–Kier alpha value is -1.24. The van der Waals surface area contributed by atoms with Gasteiger partial charge in [0.1, 0.15) is 12.4 Å². The van der Waals surface area contributed by atoms with Crippen LogP contribution in [-0.4, -0.2) is 26.2 Å². The van der Waals surface area contributed by atoms with Gasteiger partial charge in [-0.05, 0) is 24.8 Å². The van der Waals surface area contributed by atoms with E-state index >= 15 is 0 Å². The first-order chi connectivity index (χ1) is 9.72. The summed E-state index contributed by atoms with van der Waals surface area (Å²) < 4.78 is 34.6. The Kier molecular flexibility index (Phi) is 5.70. The summed E-state index contributed by atoms with van der Waals surface area (Å²) in [5, 5.41) is 0. The maximum Gasteiger partial charge on any atom is 0.261 e. The van der Waals surface area contributed by atoms with Crippen LogP contribution < -0.4 is 16.0 Å². The molecule has 0 amide bonds. The Morgan fingerprint density at radius 3 is 3.00 bits per heavy atom. The predicted octanol–water partition coefficient (Wildman–Crippen LogP) is 2.19. The van der Waals surface area contributed by atoms with Gasteiger partial charge in [0, 0.05) is 12.2 Å². The number of nitrogens with one attached hydrogen (secondary N) is 1. The molecule has 1 atom stereocenters. The van der Waals surface area contributed by atoms with Gasteiger partial charge in [0.05, 0.1) is 12.6 Å². The summed E-state index contributed by atoms with van der Waals surface area (Å²) >= 11 is 0. The van der Waals surface area contributed by atoms with Crippen LogP contribution in [0.2, 0.25) is 0 Å². The Balaban J connectivity index is 2.00. The molecule has 0 aliphatic carbocycles. The van der Waals surface area contributed by atoms with Gasteiger partial charge >= 0.3 is 0 Å². The van der Waals surface area contributed by atoms with Crippen molar-refractivity contribution in [2.24, 2.45) is 5.84 Å². The average molecular weight is 286 g/mol. The molecule has 1 unspecified atom stereocenters. The first-order valence-electron chi connectivity index (χ1n) is 6.79. The summed E-state index contributed by atoms with van der Waals surface area (Å²) in [5.41, 5.74) is 4.84. The number of hydrogen-bond donors (Lipinski definition) is 2. The number of nitrogens with two attached hydrogens (primary N) is 1. The van der Waals surface area contributed by atoms with Gasteiger partial charge in [-0.3, -0.25) is 11.3 Å². The lowest BCUT2D eigenvalue weighted by molar-refractivity contribution is 0.0143. The Labute approximate surface area is 117 Å². The van der Waals surface area contributed by atoms with Crippen LogP contribution in [0.5, 0.6) is 5.75 Å². The molecule has 4 nitrogen and oxygen atoms in total. The van der Waals surface area contributed by atoms with Crippen LogP contribution in [0.25, 0.3) is 0 Å². The van der Waals surface area contributed by atoms with E-state index in [1.807, 2.05) is 18.2 Å². The van der Waals surface area contributed by atoms with E-state index in [4.69, 9.17) is 15.3 Å². The molecule has 20 heavy (non-hydrogen) atoms. The third-order valence-electron chi connectivity index (χ3n) is 3.34. The molecular weight excluding hydrogens is 266 g/mol. The van der Waals surface area contributed by atoms with Crippen molar-refractivity contribution < 1.29 is 18.3 Å². The maximum absolute atomic E-state index is 12.0. The van der Waals surface area contributed by atoms with Gasteiger partial charge in [0.2, 0.25) is 0 Å². The van der Waals surface area contributed by atoms with Gasteiger partial charge in [-0.15, -0.1) is 0 Å².